The van der Waals surface area contributed by atoms with Gasteiger partial charge in [0.25, 0.3) is 0 Å². The molecule has 0 heterocycles. The molecule has 104 valence electrons. The number of rotatable bonds is 8. The second-order valence-electron chi connectivity index (χ2n) is 5.85. The van der Waals surface area contributed by atoms with Crippen molar-refractivity contribution in [3.63, 3.8) is 0 Å². The van der Waals surface area contributed by atoms with Crippen LogP contribution < -0.4 is 0 Å². The highest BCUT2D eigenvalue weighted by atomic mass is 14.2. The van der Waals surface area contributed by atoms with Crippen LogP contribution in [-0.4, -0.2) is 0 Å². The van der Waals surface area contributed by atoms with Crippen molar-refractivity contribution < 1.29 is 0 Å². The summed E-state index contributed by atoms with van der Waals surface area (Å²) >= 11 is 0. The fourth-order valence-electron chi connectivity index (χ4n) is 2.97. The van der Waals surface area contributed by atoms with Gasteiger partial charge in [0.2, 0.25) is 0 Å². The first kappa shape index (κ1) is 15.5. The van der Waals surface area contributed by atoms with E-state index < -0.39 is 0 Å². The molecule has 0 spiro atoms. The Bertz CT molecular complexity index is 228. The van der Waals surface area contributed by atoms with E-state index in [1.165, 1.54) is 64.2 Å². The molecule has 1 aliphatic rings. The Morgan fingerprint density at radius 1 is 0.944 bits per heavy atom. The zero-order valence-electron chi connectivity index (χ0n) is 12.5. The van der Waals surface area contributed by atoms with Crippen molar-refractivity contribution in [2.45, 2.75) is 78.1 Å². The Labute approximate surface area is 115 Å². The molecule has 0 aromatic rings. The third-order valence-corrected chi connectivity index (χ3v) is 4.25. The van der Waals surface area contributed by atoms with Gasteiger partial charge in [0.15, 0.2) is 0 Å². The molecule has 0 saturated heterocycles. The van der Waals surface area contributed by atoms with Crippen molar-refractivity contribution >= 4 is 0 Å². The summed E-state index contributed by atoms with van der Waals surface area (Å²) in [6, 6.07) is 0. The lowest BCUT2D eigenvalue weighted by molar-refractivity contribution is 0.297. The number of unbranched alkanes of at least 4 members (excludes halogenated alkanes) is 3. The quantitative estimate of drug-likeness (QED) is 0.350. The van der Waals surface area contributed by atoms with Gasteiger partial charge in [0, 0.05) is 0 Å². The zero-order chi connectivity index (χ0) is 13.1. The molecular weight excluding hydrogens is 216 g/mol. The number of hydrogen-bond acceptors (Lipinski definition) is 0. The molecule has 18 heavy (non-hydrogen) atoms. The summed E-state index contributed by atoms with van der Waals surface area (Å²) in [5, 5.41) is 0. The number of hydrogen-bond donors (Lipinski definition) is 0. The Balaban J connectivity index is 2.07. The van der Waals surface area contributed by atoms with Crippen LogP contribution in [0.25, 0.3) is 0 Å². The topological polar surface area (TPSA) is 0 Å². The molecule has 0 aliphatic heterocycles. The van der Waals surface area contributed by atoms with E-state index in [1.54, 1.807) is 0 Å². The predicted octanol–water partition coefficient (Wildman–Crippen LogP) is 6.29. The Hall–Kier alpha value is -0.520. The maximum Gasteiger partial charge on any atom is -0.0233 e. The molecule has 0 aromatic carbocycles. The van der Waals surface area contributed by atoms with Gasteiger partial charge in [-0.05, 0) is 70.1 Å². The summed E-state index contributed by atoms with van der Waals surface area (Å²) in [5.41, 5.74) is 0. The van der Waals surface area contributed by atoms with E-state index in [0.29, 0.717) is 0 Å². The van der Waals surface area contributed by atoms with Crippen LogP contribution in [0.5, 0.6) is 0 Å². The van der Waals surface area contributed by atoms with Gasteiger partial charge in [-0.25, -0.2) is 0 Å². The van der Waals surface area contributed by atoms with E-state index in [9.17, 15) is 0 Å². The van der Waals surface area contributed by atoms with Crippen LogP contribution in [0.1, 0.15) is 78.1 Å². The molecule has 1 rings (SSSR count). The normalized spacial score (nSPS) is 25.2. The molecule has 0 radical (unpaired) electrons. The van der Waals surface area contributed by atoms with Gasteiger partial charge in [0.05, 0.1) is 0 Å². The van der Waals surface area contributed by atoms with Crippen LogP contribution in [0.3, 0.4) is 0 Å². The monoisotopic (exact) mass is 248 g/mol. The lowest BCUT2D eigenvalue weighted by Crippen LogP contribution is -2.12. The number of allylic oxidation sites excluding steroid dienone is 4. The van der Waals surface area contributed by atoms with Crippen molar-refractivity contribution in [3.05, 3.63) is 24.3 Å². The molecule has 1 saturated carbocycles. The van der Waals surface area contributed by atoms with Crippen LogP contribution in [-0.2, 0) is 0 Å². The van der Waals surface area contributed by atoms with Crippen LogP contribution in [0, 0.1) is 11.8 Å². The van der Waals surface area contributed by atoms with Crippen LogP contribution in [0.15, 0.2) is 24.3 Å². The Morgan fingerprint density at radius 2 is 1.72 bits per heavy atom. The molecule has 0 atom stereocenters. The van der Waals surface area contributed by atoms with Crippen molar-refractivity contribution in [3.8, 4) is 0 Å². The Kier molecular flexibility index (Phi) is 8.98. The fraction of sp³-hybridized carbons (Fsp3) is 0.778. The van der Waals surface area contributed by atoms with E-state index in [4.69, 9.17) is 0 Å². The van der Waals surface area contributed by atoms with Crippen molar-refractivity contribution in [2.75, 3.05) is 0 Å². The summed E-state index contributed by atoms with van der Waals surface area (Å²) in [5.74, 6) is 1.90. The lowest BCUT2D eigenvalue weighted by atomic mass is 9.80. The summed E-state index contributed by atoms with van der Waals surface area (Å²) in [6.45, 7) is 4.40. The second kappa shape index (κ2) is 10.4. The highest BCUT2D eigenvalue weighted by Gasteiger charge is 2.18. The molecule has 1 fully saturated rings. The molecule has 0 nitrogen and oxygen atoms in total. The van der Waals surface area contributed by atoms with Gasteiger partial charge < -0.3 is 0 Å². The van der Waals surface area contributed by atoms with E-state index >= 15 is 0 Å². The van der Waals surface area contributed by atoms with Gasteiger partial charge in [-0.3, -0.25) is 0 Å². The SMILES string of the molecule is C/C=C/CCC1CCC(/C=C/CCCCC)CC1. The van der Waals surface area contributed by atoms with Gasteiger partial charge >= 0.3 is 0 Å². The third kappa shape index (κ3) is 7.03. The molecule has 1 aliphatic carbocycles. The first-order chi connectivity index (χ1) is 8.86. The summed E-state index contributed by atoms with van der Waals surface area (Å²) in [7, 11) is 0. The minimum absolute atomic E-state index is 0.893. The lowest BCUT2D eigenvalue weighted by Gasteiger charge is -2.26. The standard InChI is InChI=1S/C18H32/c1-3-5-7-8-10-12-18-15-13-17(14-16-18)11-9-6-4-2/h4,6,10,12,17-18H,3,5,7-9,11,13-16H2,1-2H3/b6-4+,12-10+. The van der Waals surface area contributed by atoms with Crippen LogP contribution in [0.4, 0.5) is 0 Å². The van der Waals surface area contributed by atoms with Crippen LogP contribution >= 0.6 is 0 Å². The maximum atomic E-state index is 2.51. The molecular formula is C18H32. The maximum absolute atomic E-state index is 2.51. The molecule has 0 aromatic heterocycles. The van der Waals surface area contributed by atoms with Crippen molar-refractivity contribution in [2.24, 2.45) is 11.8 Å². The smallest absolute Gasteiger partial charge is 0.0233 e. The van der Waals surface area contributed by atoms with Crippen molar-refractivity contribution in [1.29, 1.82) is 0 Å². The predicted molar refractivity (Wildman–Crippen MR) is 82.8 cm³/mol. The summed E-state index contributed by atoms with van der Waals surface area (Å²) in [6.07, 6.45) is 23.4. The highest BCUT2D eigenvalue weighted by Crippen LogP contribution is 2.32. The average Bonchev–Trinajstić information content (AvgIpc) is 2.40. The van der Waals surface area contributed by atoms with Gasteiger partial charge in [0.1, 0.15) is 0 Å². The van der Waals surface area contributed by atoms with E-state index in [0.717, 1.165) is 11.8 Å². The van der Waals surface area contributed by atoms with Gasteiger partial charge in [-0.15, -0.1) is 0 Å². The largest absolute Gasteiger partial charge is 0.0917 e. The summed E-state index contributed by atoms with van der Waals surface area (Å²) < 4.78 is 0. The average molecular weight is 248 g/mol. The Morgan fingerprint density at radius 3 is 2.39 bits per heavy atom. The minimum atomic E-state index is 0.893. The minimum Gasteiger partial charge on any atom is -0.0917 e. The molecule has 0 bridgehead atoms. The fourth-order valence-corrected chi connectivity index (χ4v) is 2.97. The molecule has 0 amide bonds. The molecule has 0 unspecified atom stereocenters. The van der Waals surface area contributed by atoms with Crippen LogP contribution in [0.2, 0.25) is 0 Å². The first-order valence-corrected chi connectivity index (χ1v) is 8.14. The highest BCUT2D eigenvalue weighted by molar-refractivity contribution is 4.91. The van der Waals surface area contributed by atoms with Crippen molar-refractivity contribution in [1.82, 2.24) is 0 Å². The second-order valence-corrected chi connectivity index (χ2v) is 5.85. The molecule has 0 N–H and O–H groups in total. The van der Waals surface area contributed by atoms with E-state index in [-0.39, 0.29) is 0 Å². The van der Waals surface area contributed by atoms with Gasteiger partial charge in [-0.2, -0.15) is 0 Å². The van der Waals surface area contributed by atoms with E-state index in [1.807, 2.05) is 0 Å². The van der Waals surface area contributed by atoms with E-state index in [2.05, 4.69) is 38.2 Å². The first-order valence-electron chi connectivity index (χ1n) is 8.14. The van der Waals surface area contributed by atoms with Gasteiger partial charge in [-0.1, -0.05) is 44.1 Å². The third-order valence-electron chi connectivity index (χ3n) is 4.25. The molecule has 0 heteroatoms. The zero-order valence-corrected chi connectivity index (χ0v) is 12.5. The summed E-state index contributed by atoms with van der Waals surface area (Å²) in [4.78, 5) is 0.